The van der Waals surface area contributed by atoms with E-state index in [2.05, 4.69) is 20.6 Å². The first-order valence-electron chi connectivity index (χ1n) is 18.7. The van der Waals surface area contributed by atoms with Crippen LogP contribution in [0.1, 0.15) is 59.5 Å². The van der Waals surface area contributed by atoms with Gasteiger partial charge in [0.25, 0.3) is 0 Å². The molecule has 198 valence electrons. The number of anilines is 4. The van der Waals surface area contributed by atoms with Crippen molar-refractivity contribution in [1.29, 1.82) is 0 Å². The van der Waals surface area contributed by atoms with Crippen LogP contribution in [0.3, 0.4) is 0 Å². The lowest BCUT2D eigenvalue weighted by Gasteiger charge is -2.20. The molecule has 0 spiro atoms. The summed E-state index contributed by atoms with van der Waals surface area (Å²) in [5.41, 5.74) is -4.34. The predicted octanol–water partition coefficient (Wildman–Crippen LogP) is 4.82. The van der Waals surface area contributed by atoms with Gasteiger partial charge in [0.15, 0.2) is 0 Å². The monoisotopic (exact) mass is 539 g/mol. The molecular formula is C27H36N6O3S. The third-order valence-corrected chi connectivity index (χ3v) is 6.62. The Kier molecular flexibility index (Phi) is 4.19. The van der Waals surface area contributed by atoms with Crippen molar-refractivity contribution >= 4 is 33.2 Å². The summed E-state index contributed by atoms with van der Waals surface area (Å²) in [5, 5.41) is 5.45. The van der Waals surface area contributed by atoms with Gasteiger partial charge in [0.05, 0.1) is 6.27 Å². The van der Waals surface area contributed by atoms with E-state index in [0.717, 1.165) is 31.0 Å². The molecule has 0 bridgehead atoms. The zero-order valence-electron chi connectivity index (χ0n) is 34.6. The van der Waals surface area contributed by atoms with Crippen LogP contribution in [0, 0.1) is 6.85 Å². The van der Waals surface area contributed by atoms with Gasteiger partial charge in [0.1, 0.15) is 18.2 Å². The molecule has 0 amide bonds. The summed E-state index contributed by atoms with van der Waals surface area (Å²) < 4.78 is 152. The highest BCUT2D eigenvalue weighted by atomic mass is 32.2. The molecule has 3 aromatic rings. The summed E-state index contributed by atoms with van der Waals surface area (Å²) in [4.78, 5) is 9.06. The Balaban J connectivity index is 1.62. The molecule has 9 nitrogen and oxygen atoms in total. The van der Waals surface area contributed by atoms with E-state index >= 15 is 0 Å². The van der Waals surface area contributed by atoms with Crippen molar-refractivity contribution in [1.82, 2.24) is 19.6 Å². The number of likely N-dealkylation sites (tertiary alicyclic amines) is 1. The quantitative estimate of drug-likeness (QED) is 0.336. The van der Waals surface area contributed by atoms with E-state index in [4.69, 9.17) is 25.3 Å². The molecule has 0 aliphatic carbocycles. The van der Waals surface area contributed by atoms with Gasteiger partial charge in [-0.15, -0.1) is 0 Å². The number of nitrogens with zero attached hydrogens (tertiary/aromatic N) is 3. The number of hydrogen-bond acceptors (Lipinski definition) is 8. The van der Waals surface area contributed by atoms with Gasteiger partial charge >= 0.3 is 0 Å². The zero-order valence-corrected chi connectivity index (χ0v) is 20.4. The fraction of sp³-hybridized carbons (Fsp3) is 0.407. The molecule has 1 fully saturated rings. The van der Waals surface area contributed by atoms with E-state index in [1.165, 1.54) is 10.8 Å². The van der Waals surface area contributed by atoms with Crippen LogP contribution >= 0.6 is 0 Å². The van der Waals surface area contributed by atoms with Crippen molar-refractivity contribution in [2.24, 2.45) is 0 Å². The Bertz CT molecular complexity index is 1810. The average Bonchev–Trinajstić information content (AvgIpc) is 3.54. The minimum atomic E-state index is -5.19. The third kappa shape index (κ3) is 7.88. The Labute approximate surface area is 240 Å². The maximum atomic E-state index is 13.4. The average molecular weight is 540 g/mol. The summed E-state index contributed by atoms with van der Waals surface area (Å²) >= 11 is 0. The van der Waals surface area contributed by atoms with Crippen molar-refractivity contribution in [3.8, 4) is 5.75 Å². The maximum absolute atomic E-state index is 13.4. The van der Waals surface area contributed by atoms with E-state index in [0.29, 0.717) is 24.5 Å². The third-order valence-electron chi connectivity index (χ3n) is 5.17. The summed E-state index contributed by atoms with van der Waals surface area (Å²) in [6, 6.07) is 10.4. The van der Waals surface area contributed by atoms with Gasteiger partial charge in [-0.1, -0.05) is 6.07 Å². The largest absolute Gasteiger partial charge is 0.492 e. The van der Waals surface area contributed by atoms with E-state index in [-0.39, 0.29) is 18.2 Å². The minimum absolute atomic E-state index is 0.171. The minimum Gasteiger partial charge on any atom is -0.492 e. The lowest BCUT2D eigenvalue weighted by molar-refractivity contribution is 0.238. The molecule has 1 aromatic heterocycles. The first kappa shape index (κ1) is 13.5. The molecule has 1 aliphatic rings. The first-order valence-corrected chi connectivity index (χ1v) is 12.7. The summed E-state index contributed by atoms with van der Waals surface area (Å²) in [6.45, 7) is -15.1. The van der Waals surface area contributed by atoms with E-state index in [9.17, 15) is 8.42 Å². The number of nitrogens with one attached hydrogen (secondary N) is 3. The standard InChI is InChI=1S/C27H36N6O3S/c1-20-19-28-26(30-21-10-12-23(13-11-21)36-17-16-33-14-5-6-15-33)31-25(20)29-22-8-7-9-24(18-22)37(34,35)32-27(2,3)4/h7-13,18-19,32H,5-6,14-17H2,1-4H3,(H2,28,29,30,31)/i1D3,2D3,3D3,4D3,16D2,19D. The molecule has 0 atom stereocenters. The molecule has 2 heterocycles. The van der Waals surface area contributed by atoms with Gasteiger partial charge in [0, 0.05) is 54.3 Å². The second-order valence-electron chi connectivity index (χ2n) is 8.18. The lowest BCUT2D eigenvalue weighted by atomic mass is 10.1. The zero-order chi connectivity index (χ0) is 39.1. The van der Waals surface area contributed by atoms with E-state index in [1.54, 1.807) is 29.2 Å². The second kappa shape index (κ2) is 11.5. The summed E-state index contributed by atoms with van der Waals surface area (Å²) in [5.74, 6) is -0.326. The molecule has 3 N–H and O–H groups in total. The van der Waals surface area contributed by atoms with Crippen LogP contribution in [0.15, 0.2) is 59.6 Å². The van der Waals surface area contributed by atoms with Gasteiger partial charge < -0.3 is 15.4 Å². The SMILES string of the molecule is [2H]c1nc(Nc2ccc(OCC([2H])([2H])N3CCCC3)cc2)nc(Nc2cccc(S(=O)(=O)NC(C([2H])([2H])[2H])(C([2H])([2H])[2H])C([2H])([2H])[2H])c2)c1C([2H])([2H])[2H]. The fourth-order valence-electron chi connectivity index (χ4n) is 3.48. The van der Waals surface area contributed by atoms with Gasteiger partial charge in [0.2, 0.25) is 16.0 Å². The topological polar surface area (TPSA) is 108 Å². The van der Waals surface area contributed by atoms with Gasteiger partial charge in [-0.05, 0) is 95.8 Å². The fourth-order valence-corrected chi connectivity index (χ4v) is 4.54. The maximum Gasteiger partial charge on any atom is 0.241 e. The molecule has 1 aliphatic heterocycles. The van der Waals surface area contributed by atoms with Crippen molar-refractivity contribution in [3.05, 3.63) is 60.3 Å². The van der Waals surface area contributed by atoms with Crippen molar-refractivity contribution < 1.29 is 33.7 Å². The summed E-state index contributed by atoms with van der Waals surface area (Å²) in [6.07, 6.45) is 1.11. The van der Waals surface area contributed by atoms with Gasteiger partial charge in [-0.2, -0.15) is 4.98 Å². The van der Waals surface area contributed by atoms with Crippen LogP contribution in [-0.4, -0.2) is 55.0 Å². The Morgan fingerprint density at radius 1 is 1.11 bits per heavy atom. The number of ether oxygens (including phenoxy) is 1. The predicted molar refractivity (Wildman–Crippen MR) is 147 cm³/mol. The Morgan fingerprint density at radius 3 is 2.62 bits per heavy atom. The van der Waals surface area contributed by atoms with Crippen LogP contribution in [-0.2, 0) is 10.0 Å². The van der Waals surface area contributed by atoms with E-state index in [1.807, 2.05) is 0 Å². The van der Waals surface area contributed by atoms with Crippen LogP contribution in [0.5, 0.6) is 5.75 Å². The highest BCUT2D eigenvalue weighted by Crippen LogP contribution is 2.24. The molecule has 0 radical (unpaired) electrons. The van der Waals surface area contributed by atoms with Crippen molar-refractivity contribution in [2.75, 3.05) is 36.8 Å². The Hall–Kier alpha value is -3.21. The van der Waals surface area contributed by atoms with Gasteiger partial charge in [-0.3, -0.25) is 4.90 Å². The molecule has 10 heteroatoms. The number of sulfonamides is 1. The normalized spacial score (nSPS) is 22.2. The number of aromatic nitrogens is 2. The smallest absolute Gasteiger partial charge is 0.241 e. The second-order valence-corrected chi connectivity index (χ2v) is 9.86. The highest BCUT2D eigenvalue weighted by molar-refractivity contribution is 7.89. The van der Waals surface area contributed by atoms with Crippen LogP contribution in [0.25, 0.3) is 0 Å². The summed E-state index contributed by atoms with van der Waals surface area (Å²) in [7, 11) is -5.19. The number of hydrogen-bond donors (Lipinski definition) is 3. The molecule has 4 rings (SSSR count). The molecular weight excluding hydrogens is 488 g/mol. The highest BCUT2D eigenvalue weighted by Gasteiger charge is 2.22. The van der Waals surface area contributed by atoms with Crippen LogP contribution in [0.2, 0.25) is 0 Å². The van der Waals surface area contributed by atoms with Crippen LogP contribution in [0.4, 0.5) is 23.1 Å². The molecule has 37 heavy (non-hydrogen) atoms. The molecule has 2 aromatic carbocycles. The number of rotatable bonds is 10. The molecule has 0 unspecified atom stereocenters. The molecule has 1 saturated heterocycles. The lowest BCUT2D eigenvalue weighted by Crippen LogP contribution is -2.40. The molecule has 0 saturated carbocycles. The van der Waals surface area contributed by atoms with Crippen molar-refractivity contribution in [3.63, 3.8) is 0 Å². The first-order chi connectivity index (χ1) is 23.7. The van der Waals surface area contributed by atoms with Crippen molar-refractivity contribution in [2.45, 2.75) is 50.7 Å². The number of benzene rings is 2. The van der Waals surface area contributed by atoms with E-state index < -0.39 is 71.9 Å². The Morgan fingerprint density at radius 2 is 1.89 bits per heavy atom. The van der Waals surface area contributed by atoms with Crippen LogP contribution < -0.4 is 20.1 Å². The van der Waals surface area contributed by atoms with Gasteiger partial charge in [-0.25, -0.2) is 18.1 Å².